The molecule has 1 fully saturated rings. The Morgan fingerprint density at radius 2 is 2.39 bits per heavy atom. The first-order valence-electron chi connectivity index (χ1n) is 5.92. The SMILES string of the molecule is CCC1CN(c2ccc([N+](=O)[O-])c(I)c2)CCS1. The van der Waals surface area contributed by atoms with Crippen molar-refractivity contribution in [2.24, 2.45) is 0 Å². The van der Waals surface area contributed by atoms with E-state index in [1.165, 1.54) is 6.42 Å². The number of halogens is 1. The minimum Gasteiger partial charge on any atom is -0.370 e. The molecule has 1 aliphatic rings. The highest BCUT2D eigenvalue weighted by atomic mass is 127. The second-order valence-corrected chi connectivity index (χ2v) is 6.81. The maximum atomic E-state index is 10.8. The van der Waals surface area contributed by atoms with E-state index in [0.717, 1.165) is 24.5 Å². The van der Waals surface area contributed by atoms with Crippen LogP contribution >= 0.6 is 34.4 Å². The minimum absolute atomic E-state index is 0.192. The summed E-state index contributed by atoms with van der Waals surface area (Å²) >= 11 is 4.06. The molecule has 0 bridgehead atoms. The van der Waals surface area contributed by atoms with Crippen molar-refractivity contribution in [3.63, 3.8) is 0 Å². The summed E-state index contributed by atoms with van der Waals surface area (Å²) in [5, 5.41) is 11.5. The van der Waals surface area contributed by atoms with Gasteiger partial charge in [0.1, 0.15) is 0 Å². The molecule has 0 N–H and O–H groups in total. The van der Waals surface area contributed by atoms with E-state index in [-0.39, 0.29) is 10.6 Å². The van der Waals surface area contributed by atoms with E-state index in [1.54, 1.807) is 6.07 Å². The van der Waals surface area contributed by atoms with Crippen molar-refractivity contribution in [3.05, 3.63) is 31.9 Å². The molecular formula is C12H15IN2O2S. The van der Waals surface area contributed by atoms with Crippen molar-refractivity contribution in [2.45, 2.75) is 18.6 Å². The number of rotatable bonds is 3. The van der Waals surface area contributed by atoms with Crippen LogP contribution < -0.4 is 4.90 Å². The highest BCUT2D eigenvalue weighted by Gasteiger charge is 2.21. The molecule has 0 amide bonds. The summed E-state index contributed by atoms with van der Waals surface area (Å²) in [7, 11) is 0. The molecular weight excluding hydrogens is 363 g/mol. The van der Waals surface area contributed by atoms with Crippen LogP contribution in [0.25, 0.3) is 0 Å². The molecule has 18 heavy (non-hydrogen) atoms. The molecule has 1 aliphatic heterocycles. The smallest absolute Gasteiger partial charge is 0.282 e. The fourth-order valence-corrected chi connectivity index (χ4v) is 3.92. The van der Waals surface area contributed by atoms with Gasteiger partial charge in [-0.1, -0.05) is 6.92 Å². The van der Waals surface area contributed by atoms with E-state index in [4.69, 9.17) is 0 Å². The predicted molar refractivity (Wildman–Crippen MR) is 84.6 cm³/mol. The number of anilines is 1. The van der Waals surface area contributed by atoms with Crippen molar-refractivity contribution in [1.29, 1.82) is 0 Å². The van der Waals surface area contributed by atoms with E-state index in [2.05, 4.69) is 11.8 Å². The van der Waals surface area contributed by atoms with Gasteiger partial charge in [-0.05, 0) is 41.1 Å². The molecule has 1 aromatic carbocycles. The molecule has 4 nitrogen and oxygen atoms in total. The molecule has 0 aromatic heterocycles. The van der Waals surface area contributed by atoms with E-state index >= 15 is 0 Å². The Morgan fingerprint density at radius 3 is 3.00 bits per heavy atom. The molecule has 0 radical (unpaired) electrons. The lowest BCUT2D eigenvalue weighted by Crippen LogP contribution is -2.37. The van der Waals surface area contributed by atoms with Crippen molar-refractivity contribution in [2.75, 3.05) is 23.7 Å². The minimum atomic E-state index is -0.327. The molecule has 0 saturated carbocycles. The molecule has 1 heterocycles. The highest BCUT2D eigenvalue weighted by Crippen LogP contribution is 2.30. The molecule has 6 heteroatoms. The van der Waals surface area contributed by atoms with E-state index < -0.39 is 0 Å². The van der Waals surface area contributed by atoms with Gasteiger partial charge in [0.2, 0.25) is 0 Å². The average molecular weight is 378 g/mol. The number of hydrogen-bond donors (Lipinski definition) is 0. The summed E-state index contributed by atoms with van der Waals surface area (Å²) in [5.41, 5.74) is 1.29. The third-order valence-corrected chi connectivity index (χ3v) is 5.32. The molecule has 98 valence electrons. The van der Waals surface area contributed by atoms with Crippen LogP contribution in [-0.2, 0) is 0 Å². The van der Waals surface area contributed by atoms with Crippen LogP contribution in [0.1, 0.15) is 13.3 Å². The normalized spacial score (nSPS) is 19.9. The van der Waals surface area contributed by atoms with Crippen molar-refractivity contribution in [1.82, 2.24) is 0 Å². The summed E-state index contributed by atoms with van der Waals surface area (Å²) < 4.78 is 0.710. The van der Waals surface area contributed by atoms with Crippen LogP contribution in [0, 0.1) is 13.7 Å². The fourth-order valence-electron chi connectivity index (χ4n) is 2.04. The number of nitrogens with zero attached hydrogens (tertiary/aromatic N) is 2. The van der Waals surface area contributed by atoms with Crippen molar-refractivity contribution in [3.8, 4) is 0 Å². The summed E-state index contributed by atoms with van der Waals surface area (Å²) in [6.45, 7) is 4.27. The summed E-state index contributed by atoms with van der Waals surface area (Å²) in [6, 6.07) is 5.39. The lowest BCUT2D eigenvalue weighted by atomic mass is 10.2. The van der Waals surface area contributed by atoms with Gasteiger partial charge in [0, 0.05) is 35.8 Å². The third-order valence-electron chi connectivity index (χ3n) is 3.09. The van der Waals surface area contributed by atoms with Gasteiger partial charge >= 0.3 is 0 Å². The summed E-state index contributed by atoms with van der Waals surface area (Å²) in [4.78, 5) is 12.8. The quantitative estimate of drug-likeness (QED) is 0.459. The standard InChI is InChI=1S/C12H15IN2O2S/c1-2-10-8-14(5-6-18-10)9-3-4-12(15(16)17)11(13)7-9/h3-4,7,10H,2,5-6,8H2,1H3. The maximum absolute atomic E-state index is 10.8. The predicted octanol–water partition coefficient (Wildman–Crippen LogP) is 3.53. The fraction of sp³-hybridized carbons (Fsp3) is 0.500. The Hall–Kier alpha value is -0.500. The molecule has 1 unspecified atom stereocenters. The van der Waals surface area contributed by atoms with Crippen LogP contribution in [-0.4, -0.2) is 29.0 Å². The van der Waals surface area contributed by atoms with E-state index in [1.807, 2.05) is 46.5 Å². The topological polar surface area (TPSA) is 46.4 Å². The molecule has 0 spiro atoms. The second kappa shape index (κ2) is 6.10. The largest absolute Gasteiger partial charge is 0.370 e. The Morgan fingerprint density at radius 1 is 1.61 bits per heavy atom. The number of nitro benzene ring substituents is 1. The van der Waals surface area contributed by atoms with Gasteiger partial charge in [-0.15, -0.1) is 0 Å². The van der Waals surface area contributed by atoms with Gasteiger partial charge in [-0.25, -0.2) is 0 Å². The number of hydrogen-bond acceptors (Lipinski definition) is 4. The first-order chi connectivity index (χ1) is 8.61. The highest BCUT2D eigenvalue weighted by molar-refractivity contribution is 14.1. The zero-order valence-corrected chi connectivity index (χ0v) is 13.1. The first-order valence-corrected chi connectivity index (χ1v) is 8.05. The van der Waals surface area contributed by atoms with Crippen LogP contribution in [0.2, 0.25) is 0 Å². The Bertz CT molecular complexity index is 456. The summed E-state index contributed by atoms with van der Waals surface area (Å²) in [6.07, 6.45) is 1.17. The van der Waals surface area contributed by atoms with Crippen LogP contribution in [0.3, 0.4) is 0 Å². The Balaban J connectivity index is 2.18. The zero-order valence-electron chi connectivity index (χ0n) is 10.1. The van der Waals surface area contributed by atoms with Crippen molar-refractivity contribution < 1.29 is 4.92 Å². The molecule has 2 rings (SSSR count). The first kappa shape index (κ1) is 13.9. The third kappa shape index (κ3) is 3.09. The lowest BCUT2D eigenvalue weighted by molar-refractivity contribution is -0.385. The monoisotopic (exact) mass is 378 g/mol. The van der Waals surface area contributed by atoms with Gasteiger partial charge in [0.05, 0.1) is 8.49 Å². The number of thioether (sulfide) groups is 1. The summed E-state index contributed by atoms with van der Waals surface area (Å²) in [5.74, 6) is 1.13. The molecule has 1 aromatic rings. The molecule has 1 saturated heterocycles. The van der Waals surface area contributed by atoms with Gasteiger partial charge in [0.15, 0.2) is 0 Å². The average Bonchev–Trinajstić information content (AvgIpc) is 2.38. The van der Waals surface area contributed by atoms with Crippen molar-refractivity contribution >= 4 is 45.7 Å². The number of benzene rings is 1. The van der Waals surface area contributed by atoms with Crippen LogP contribution in [0.5, 0.6) is 0 Å². The molecule has 0 aliphatic carbocycles. The molecule has 1 atom stereocenters. The van der Waals surface area contributed by atoms with Gasteiger partial charge in [-0.2, -0.15) is 11.8 Å². The van der Waals surface area contributed by atoms with Gasteiger partial charge in [0.25, 0.3) is 5.69 Å². The maximum Gasteiger partial charge on any atom is 0.282 e. The van der Waals surface area contributed by atoms with E-state index in [0.29, 0.717) is 8.82 Å². The lowest BCUT2D eigenvalue weighted by Gasteiger charge is -2.33. The zero-order chi connectivity index (χ0) is 13.1. The second-order valence-electron chi connectivity index (χ2n) is 4.24. The Kier molecular flexibility index (Phi) is 4.71. The number of nitro groups is 1. The van der Waals surface area contributed by atoms with Crippen LogP contribution in [0.15, 0.2) is 18.2 Å². The van der Waals surface area contributed by atoms with Crippen LogP contribution in [0.4, 0.5) is 11.4 Å². The van der Waals surface area contributed by atoms with Gasteiger partial charge in [-0.3, -0.25) is 10.1 Å². The van der Waals surface area contributed by atoms with E-state index in [9.17, 15) is 10.1 Å². The van der Waals surface area contributed by atoms with Gasteiger partial charge < -0.3 is 4.90 Å². The Labute approximate surface area is 124 Å².